The van der Waals surface area contributed by atoms with Crippen molar-refractivity contribution in [1.82, 2.24) is 10.2 Å². The molecule has 0 radical (unpaired) electrons. The summed E-state index contributed by atoms with van der Waals surface area (Å²) >= 11 is 0. The summed E-state index contributed by atoms with van der Waals surface area (Å²) in [5, 5.41) is 13.2. The lowest BCUT2D eigenvalue weighted by atomic mass is 9.89. The maximum absolute atomic E-state index is 9.68. The number of nitrogens with two attached hydrogens (primary N) is 1. The molecule has 1 unspecified atom stereocenters. The second kappa shape index (κ2) is 8.05. The van der Waals surface area contributed by atoms with Crippen molar-refractivity contribution in [2.45, 2.75) is 37.6 Å². The molecular formula is C23H29N3O. The Kier molecular flexibility index (Phi) is 5.35. The van der Waals surface area contributed by atoms with E-state index < -0.39 is 0 Å². The van der Waals surface area contributed by atoms with Crippen molar-refractivity contribution in [3.63, 3.8) is 0 Å². The maximum Gasteiger partial charge on any atom is 0.115 e. The van der Waals surface area contributed by atoms with Crippen molar-refractivity contribution >= 4 is 0 Å². The van der Waals surface area contributed by atoms with Crippen LogP contribution in [-0.4, -0.2) is 29.6 Å². The first-order chi connectivity index (χ1) is 13.2. The number of nitrogens with one attached hydrogen (secondary N) is 1. The molecule has 1 heterocycles. The first kappa shape index (κ1) is 17.9. The number of phenolic OH excluding ortho intramolecular Hbond substituents is 1. The van der Waals surface area contributed by atoms with Crippen LogP contribution in [0.4, 0.5) is 0 Å². The van der Waals surface area contributed by atoms with Gasteiger partial charge in [-0.15, -0.1) is 0 Å². The smallest absolute Gasteiger partial charge is 0.115 e. The third-order valence-corrected chi connectivity index (χ3v) is 5.94. The fourth-order valence-electron chi connectivity index (χ4n) is 4.44. The van der Waals surface area contributed by atoms with E-state index in [4.69, 9.17) is 5.73 Å². The van der Waals surface area contributed by atoms with Gasteiger partial charge in [0.15, 0.2) is 0 Å². The van der Waals surface area contributed by atoms with E-state index in [1.807, 2.05) is 18.3 Å². The summed E-state index contributed by atoms with van der Waals surface area (Å²) in [5.41, 5.74) is 11.3. The average molecular weight is 364 g/mol. The highest BCUT2D eigenvalue weighted by Crippen LogP contribution is 2.31. The second-order valence-corrected chi connectivity index (χ2v) is 7.82. The molecule has 27 heavy (non-hydrogen) atoms. The van der Waals surface area contributed by atoms with Crippen molar-refractivity contribution in [2.75, 3.05) is 19.6 Å². The molecule has 1 atom stereocenters. The normalized spacial score (nSPS) is 21.2. The number of piperidine rings is 1. The molecule has 4 nitrogen and oxygen atoms in total. The fourth-order valence-corrected chi connectivity index (χ4v) is 4.44. The predicted molar refractivity (Wildman–Crippen MR) is 109 cm³/mol. The highest BCUT2D eigenvalue weighted by atomic mass is 16.3. The zero-order valence-corrected chi connectivity index (χ0v) is 15.8. The Labute approximate surface area is 161 Å². The number of rotatable bonds is 5. The molecule has 4 N–H and O–H groups in total. The van der Waals surface area contributed by atoms with Crippen LogP contribution in [0.15, 0.2) is 60.4 Å². The van der Waals surface area contributed by atoms with Crippen LogP contribution in [0, 0.1) is 0 Å². The summed E-state index contributed by atoms with van der Waals surface area (Å²) in [7, 11) is 0. The van der Waals surface area contributed by atoms with E-state index in [-0.39, 0.29) is 0 Å². The highest BCUT2D eigenvalue weighted by Gasteiger charge is 2.22. The fraction of sp³-hybridized carbons (Fsp3) is 0.391. The first-order valence-corrected chi connectivity index (χ1v) is 9.98. The molecular weight excluding hydrogens is 334 g/mol. The number of hydrogen-bond donors (Lipinski definition) is 3. The van der Waals surface area contributed by atoms with Crippen molar-refractivity contribution in [2.24, 2.45) is 5.73 Å². The Morgan fingerprint density at radius 3 is 2.74 bits per heavy atom. The molecule has 0 aromatic heterocycles. The summed E-state index contributed by atoms with van der Waals surface area (Å²) < 4.78 is 0. The Hall–Kier alpha value is -2.46. The van der Waals surface area contributed by atoms with E-state index in [9.17, 15) is 5.11 Å². The lowest BCUT2D eigenvalue weighted by Crippen LogP contribution is -2.36. The van der Waals surface area contributed by atoms with Crippen LogP contribution in [-0.2, 0) is 6.42 Å². The molecule has 1 aliphatic heterocycles. The summed E-state index contributed by atoms with van der Waals surface area (Å²) in [5.74, 6) is 0.897. The number of aromatic hydroxyl groups is 1. The van der Waals surface area contributed by atoms with Gasteiger partial charge >= 0.3 is 0 Å². The van der Waals surface area contributed by atoms with Gasteiger partial charge < -0.3 is 16.2 Å². The Morgan fingerprint density at radius 2 is 1.93 bits per heavy atom. The second-order valence-electron chi connectivity index (χ2n) is 7.82. The molecule has 142 valence electrons. The Morgan fingerprint density at radius 1 is 1.11 bits per heavy atom. The number of nitrogens with zero attached hydrogens (tertiary/aromatic N) is 1. The van der Waals surface area contributed by atoms with Gasteiger partial charge in [-0.25, -0.2) is 0 Å². The van der Waals surface area contributed by atoms with Gasteiger partial charge in [0.25, 0.3) is 0 Å². The summed E-state index contributed by atoms with van der Waals surface area (Å²) in [6, 6.07) is 16.8. The molecule has 1 fully saturated rings. The van der Waals surface area contributed by atoms with Crippen LogP contribution in [0.2, 0.25) is 0 Å². The highest BCUT2D eigenvalue weighted by molar-refractivity contribution is 5.34. The van der Waals surface area contributed by atoms with Crippen LogP contribution >= 0.6 is 0 Å². The number of fused-ring (bicyclic) bond motifs is 1. The van der Waals surface area contributed by atoms with Crippen LogP contribution < -0.4 is 11.1 Å². The van der Waals surface area contributed by atoms with E-state index in [0.717, 1.165) is 51.0 Å². The van der Waals surface area contributed by atoms with Gasteiger partial charge in [0.2, 0.25) is 0 Å². The van der Waals surface area contributed by atoms with Gasteiger partial charge in [0.05, 0.1) is 6.04 Å². The first-order valence-electron chi connectivity index (χ1n) is 9.98. The molecule has 4 heteroatoms. The predicted octanol–water partition coefficient (Wildman–Crippen LogP) is 3.65. The van der Waals surface area contributed by atoms with Gasteiger partial charge in [-0.3, -0.25) is 4.90 Å². The summed E-state index contributed by atoms with van der Waals surface area (Å²) in [4.78, 5) is 2.43. The minimum Gasteiger partial charge on any atom is -0.508 e. The molecule has 1 aliphatic carbocycles. The van der Waals surface area contributed by atoms with Crippen molar-refractivity contribution in [3.05, 3.63) is 77.1 Å². The average Bonchev–Trinajstić information content (AvgIpc) is 3.10. The monoisotopic (exact) mass is 363 g/mol. The number of likely N-dealkylation sites (tertiary alicyclic amines) is 1. The van der Waals surface area contributed by atoms with Crippen LogP contribution in [0.3, 0.4) is 0 Å². The van der Waals surface area contributed by atoms with Crippen molar-refractivity contribution in [1.29, 1.82) is 0 Å². The Balaban J connectivity index is 1.27. The molecule has 4 rings (SSSR count). The van der Waals surface area contributed by atoms with Gasteiger partial charge in [0, 0.05) is 18.4 Å². The van der Waals surface area contributed by atoms with E-state index in [0.29, 0.717) is 17.7 Å². The molecule has 2 aliphatic rings. The van der Waals surface area contributed by atoms with E-state index in [2.05, 4.69) is 40.5 Å². The van der Waals surface area contributed by atoms with E-state index in [1.54, 1.807) is 6.07 Å². The number of hydrogen-bond acceptors (Lipinski definition) is 4. The van der Waals surface area contributed by atoms with Gasteiger partial charge in [-0.1, -0.05) is 36.4 Å². The summed E-state index contributed by atoms with van der Waals surface area (Å²) in [6.45, 7) is 2.90. The van der Waals surface area contributed by atoms with Crippen molar-refractivity contribution in [3.8, 4) is 5.75 Å². The molecule has 0 bridgehead atoms. The van der Waals surface area contributed by atoms with Crippen LogP contribution in [0.5, 0.6) is 5.75 Å². The topological polar surface area (TPSA) is 61.5 Å². The summed E-state index contributed by atoms with van der Waals surface area (Å²) in [6.07, 6.45) is 6.51. The lowest BCUT2D eigenvalue weighted by Gasteiger charge is -2.32. The molecule has 0 saturated carbocycles. The number of phenols is 1. The largest absolute Gasteiger partial charge is 0.508 e. The zero-order valence-electron chi connectivity index (χ0n) is 15.8. The van der Waals surface area contributed by atoms with E-state index >= 15 is 0 Å². The lowest BCUT2D eigenvalue weighted by molar-refractivity contribution is 0.227. The van der Waals surface area contributed by atoms with E-state index in [1.165, 1.54) is 16.7 Å². The van der Waals surface area contributed by atoms with Gasteiger partial charge in [-0.2, -0.15) is 0 Å². The maximum atomic E-state index is 9.68. The number of aryl methyl sites for hydroxylation is 1. The minimum absolute atomic E-state index is 0.363. The standard InChI is InChI=1S/C23H29N3O/c24-20(15-25-23-9-8-18-4-1-2-7-22(18)23)16-26-12-10-17(11-13-26)19-5-3-6-21(27)14-19/h1-7,14-15,17,23,25,27H,8-13,16,24H2/b20-15-. The molecule has 0 spiro atoms. The van der Waals surface area contributed by atoms with Crippen LogP contribution in [0.25, 0.3) is 0 Å². The zero-order chi connectivity index (χ0) is 18.6. The molecule has 2 aromatic rings. The third kappa shape index (κ3) is 4.28. The quantitative estimate of drug-likeness (QED) is 0.759. The minimum atomic E-state index is 0.363. The molecule has 0 amide bonds. The molecule has 2 aromatic carbocycles. The Bertz CT molecular complexity index is 809. The number of benzene rings is 2. The van der Waals surface area contributed by atoms with Crippen molar-refractivity contribution < 1.29 is 5.11 Å². The van der Waals surface area contributed by atoms with Gasteiger partial charge in [0.1, 0.15) is 5.75 Å². The molecule has 1 saturated heterocycles. The third-order valence-electron chi connectivity index (χ3n) is 5.94. The van der Waals surface area contributed by atoms with Gasteiger partial charge in [-0.05, 0) is 73.5 Å². The van der Waals surface area contributed by atoms with Crippen LogP contribution in [0.1, 0.15) is 47.9 Å². The SMILES string of the molecule is N/C(=C\NC1CCc2ccccc21)CN1CCC(c2cccc(O)c2)CC1.